The van der Waals surface area contributed by atoms with E-state index in [2.05, 4.69) is 0 Å². The van der Waals surface area contributed by atoms with Crippen molar-refractivity contribution in [1.29, 1.82) is 0 Å². The van der Waals surface area contributed by atoms with Gasteiger partial charge in [-0.1, -0.05) is 23.2 Å². The number of carboxylic acids is 1. The molecule has 13 heteroatoms. The quantitative estimate of drug-likeness (QED) is 0.543. The average molecular weight is 448 g/mol. The number of sulfone groups is 1. The topological polar surface area (TPSA) is 149 Å². The highest BCUT2D eigenvalue weighted by Gasteiger charge is 2.45. The van der Waals surface area contributed by atoms with Crippen LogP contribution in [0.2, 0.25) is 10.0 Å². The molecule has 9 nitrogen and oxygen atoms in total. The smallest absolute Gasteiger partial charge is 0.337 e. The molecule has 0 radical (unpaired) electrons. The Morgan fingerprint density at radius 2 is 1.85 bits per heavy atom. The lowest BCUT2D eigenvalue weighted by Crippen LogP contribution is -2.48. The van der Waals surface area contributed by atoms with E-state index in [-0.39, 0.29) is 10.0 Å². The van der Waals surface area contributed by atoms with Crippen molar-refractivity contribution in [3.63, 3.8) is 0 Å². The van der Waals surface area contributed by atoms with Crippen LogP contribution in [0.1, 0.15) is 10.4 Å². The number of hydrogen-bond donors (Lipinski definition) is 3. The van der Waals surface area contributed by atoms with Crippen LogP contribution in [0.5, 0.6) is 0 Å². The van der Waals surface area contributed by atoms with Crippen molar-refractivity contribution >= 4 is 49.0 Å². The van der Waals surface area contributed by atoms with Gasteiger partial charge in [0, 0.05) is 6.54 Å². The summed E-state index contributed by atoms with van der Waals surface area (Å²) in [6.45, 7) is -1.17. The second-order valence-electron chi connectivity index (χ2n) is 5.62. The Morgan fingerprint density at radius 3 is 2.31 bits per heavy atom. The second-order valence-corrected chi connectivity index (χ2v) is 10.4. The van der Waals surface area contributed by atoms with E-state index in [1.54, 1.807) is 0 Å². The molecule has 0 aromatic heterocycles. The van der Waals surface area contributed by atoms with Crippen molar-refractivity contribution < 1.29 is 36.9 Å². The average Bonchev–Trinajstić information content (AvgIpc) is 2.76. The van der Waals surface area contributed by atoms with Gasteiger partial charge < -0.3 is 15.3 Å². The summed E-state index contributed by atoms with van der Waals surface area (Å²) in [5.74, 6) is -2.74. The van der Waals surface area contributed by atoms with Gasteiger partial charge in [0.05, 0.1) is 45.9 Å². The Balaban J connectivity index is 2.59. The molecule has 0 saturated carbocycles. The summed E-state index contributed by atoms with van der Waals surface area (Å²) in [5.41, 5.74) is -0.516. The van der Waals surface area contributed by atoms with Gasteiger partial charge in [0.15, 0.2) is 9.84 Å². The van der Waals surface area contributed by atoms with E-state index in [0.717, 1.165) is 12.1 Å². The van der Waals surface area contributed by atoms with Gasteiger partial charge in [-0.15, -0.1) is 0 Å². The second kappa shape index (κ2) is 7.58. The number of nitrogens with zero attached hydrogens (tertiary/aromatic N) is 1. The minimum atomic E-state index is -4.54. The van der Waals surface area contributed by atoms with Crippen molar-refractivity contribution in [1.82, 2.24) is 4.31 Å². The van der Waals surface area contributed by atoms with Gasteiger partial charge in [-0.25, -0.2) is 21.6 Å². The Bertz CT molecular complexity index is 932. The van der Waals surface area contributed by atoms with Crippen LogP contribution in [0.15, 0.2) is 17.0 Å². The summed E-state index contributed by atoms with van der Waals surface area (Å²) in [5, 5.41) is 27.6. The summed E-state index contributed by atoms with van der Waals surface area (Å²) < 4.78 is 50.0. The molecule has 0 spiro atoms. The van der Waals surface area contributed by atoms with Crippen LogP contribution in [-0.4, -0.2) is 79.2 Å². The minimum Gasteiger partial charge on any atom is -0.478 e. The summed E-state index contributed by atoms with van der Waals surface area (Å²) in [6.07, 6.45) is -1.49. The third kappa shape index (κ3) is 4.14. The molecule has 1 aliphatic heterocycles. The number of halogens is 2. The minimum absolute atomic E-state index is 0.279. The molecule has 2 unspecified atom stereocenters. The molecule has 1 aromatic carbocycles. The monoisotopic (exact) mass is 447 g/mol. The maximum atomic E-state index is 13.0. The molecular weight excluding hydrogens is 433 g/mol. The van der Waals surface area contributed by atoms with E-state index in [9.17, 15) is 31.8 Å². The highest BCUT2D eigenvalue weighted by Crippen LogP contribution is 2.33. The molecule has 0 amide bonds. The first-order valence-corrected chi connectivity index (χ1v) is 11.2. The summed E-state index contributed by atoms with van der Waals surface area (Å²) in [6, 6.07) is 0.359. The zero-order valence-corrected chi connectivity index (χ0v) is 16.2. The van der Waals surface area contributed by atoms with E-state index in [1.165, 1.54) is 0 Å². The molecule has 26 heavy (non-hydrogen) atoms. The normalized spacial score (nSPS) is 22.7. The number of benzene rings is 1. The first-order valence-electron chi connectivity index (χ1n) is 7.14. The summed E-state index contributed by atoms with van der Waals surface area (Å²) in [7, 11) is -8.21. The van der Waals surface area contributed by atoms with E-state index in [4.69, 9.17) is 28.3 Å². The Labute approximate surface area is 159 Å². The van der Waals surface area contributed by atoms with E-state index in [0.29, 0.717) is 4.31 Å². The van der Waals surface area contributed by atoms with Gasteiger partial charge in [-0.3, -0.25) is 0 Å². The van der Waals surface area contributed by atoms with Crippen LogP contribution in [0.3, 0.4) is 0 Å². The predicted octanol–water partition coefficient (Wildman–Crippen LogP) is -0.167. The van der Waals surface area contributed by atoms with E-state index < -0.39 is 73.1 Å². The summed E-state index contributed by atoms with van der Waals surface area (Å²) in [4.78, 5) is 10.6. The van der Waals surface area contributed by atoms with Gasteiger partial charge in [0.25, 0.3) is 0 Å². The van der Waals surface area contributed by atoms with E-state index in [1.807, 2.05) is 0 Å². The standard InChI is InChI=1S/C13H15Cl2NO8S2/c14-8-4-9(15)12(3-7(8)13(19)20)26(23,24)16(1-2-17)10-5-25(21,22)6-11(10)18/h3-4,10-11,17-18H,1-2,5-6H2,(H,19,20). The van der Waals surface area contributed by atoms with Crippen LogP contribution in [0.4, 0.5) is 0 Å². The zero-order valence-electron chi connectivity index (χ0n) is 13.0. The maximum absolute atomic E-state index is 13.0. The number of hydrogen-bond acceptors (Lipinski definition) is 7. The Hall–Kier alpha value is -0.950. The number of rotatable bonds is 6. The lowest BCUT2D eigenvalue weighted by atomic mass is 10.2. The van der Waals surface area contributed by atoms with Crippen LogP contribution in [0.25, 0.3) is 0 Å². The largest absolute Gasteiger partial charge is 0.478 e. The van der Waals surface area contributed by atoms with Crippen LogP contribution in [0, 0.1) is 0 Å². The van der Waals surface area contributed by atoms with Crippen LogP contribution in [-0.2, 0) is 19.9 Å². The van der Waals surface area contributed by atoms with Gasteiger partial charge in [0.1, 0.15) is 4.90 Å². The molecule has 2 atom stereocenters. The molecule has 1 heterocycles. The van der Waals surface area contributed by atoms with Crippen LogP contribution < -0.4 is 0 Å². The molecule has 3 N–H and O–H groups in total. The van der Waals surface area contributed by atoms with Gasteiger partial charge >= 0.3 is 5.97 Å². The highest BCUT2D eigenvalue weighted by molar-refractivity contribution is 7.92. The summed E-state index contributed by atoms with van der Waals surface area (Å²) >= 11 is 11.6. The van der Waals surface area contributed by atoms with Crippen molar-refractivity contribution in [2.24, 2.45) is 0 Å². The molecule has 2 rings (SSSR count). The molecule has 146 valence electrons. The zero-order chi connectivity index (χ0) is 19.9. The molecule has 0 aliphatic carbocycles. The van der Waals surface area contributed by atoms with Crippen molar-refractivity contribution in [2.75, 3.05) is 24.7 Å². The molecule has 1 aliphatic rings. The molecule has 1 aromatic rings. The Kier molecular flexibility index (Phi) is 6.23. The lowest BCUT2D eigenvalue weighted by Gasteiger charge is -2.29. The SMILES string of the molecule is O=C(O)c1cc(S(=O)(=O)N(CCO)C2CS(=O)(=O)CC2O)c(Cl)cc1Cl. The van der Waals surface area contributed by atoms with Gasteiger partial charge in [0.2, 0.25) is 10.0 Å². The maximum Gasteiger partial charge on any atom is 0.337 e. The number of carbonyl (C=O) groups is 1. The number of aromatic carboxylic acids is 1. The highest BCUT2D eigenvalue weighted by atomic mass is 35.5. The third-order valence-electron chi connectivity index (χ3n) is 3.82. The molecular formula is C13H15Cl2NO8S2. The fourth-order valence-electron chi connectivity index (χ4n) is 2.67. The van der Waals surface area contributed by atoms with Gasteiger partial charge in [-0.2, -0.15) is 4.31 Å². The number of aliphatic hydroxyl groups excluding tert-OH is 2. The number of carboxylic acid groups (broad SMARTS) is 1. The number of sulfonamides is 1. The first kappa shape index (κ1) is 21.4. The fraction of sp³-hybridized carbons (Fsp3) is 0.462. The van der Waals surface area contributed by atoms with Gasteiger partial charge in [-0.05, 0) is 12.1 Å². The molecule has 1 fully saturated rings. The lowest BCUT2D eigenvalue weighted by molar-refractivity contribution is 0.0696. The predicted molar refractivity (Wildman–Crippen MR) is 92.8 cm³/mol. The van der Waals surface area contributed by atoms with E-state index >= 15 is 0 Å². The van der Waals surface area contributed by atoms with Crippen molar-refractivity contribution in [2.45, 2.75) is 17.0 Å². The van der Waals surface area contributed by atoms with Crippen molar-refractivity contribution in [3.8, 4) is 0 Å². The number of aliphatic hydroxyl groups is 2. The molecule has 1 saturated heterocycles. The van der Waals surface area contributed by atoms with Crippen LogP contribution >= 0.6 is 23.2 Å². The van der Waals surface area contributed by atoms with Crippen molar-refractivity contribution in [3.05, 3.63) is 27.7 Å². The Morgan fingerprint density at radius 1 is 1.23 bits per heavy atom. The fourth-order valence-corrected chi connectivity index (χ4v) is 7.04. The third-order valence-corrected chi connectivity index (χ3v) is 8.22. The first-order chi connectivity index (χ1) is 11.9. The molecule has 0 bridgehead atoms.